The zero-order chi connectivity index (χ0) is 7.66. The maximum Gasteiger partial charge on any atom is 0.0493 e. The second-order valence-electron chi connectivity index (χ2n) is 2.22. The van der Waals surface area contributed by atoms with Gasteiger partial charge in [0.1, 0.15) is 0 Å². The van der Waals surface area contributed by atoms with Gasteiger partial charge in [-0.25, -0.2) is 0 Å². The van der Waals surface area contributed by atoms with E-state index in [1.807, 2.05) is 11.8 Å². The molecule has 0 saturated carbocycles. The fourth-order valence-electron chi connectivity index (χ4n) is 0.727. The second-order valence-corrected chi connectivity index (χ2v) is 5.01. The highest BCUT2D eigenvalue weighted by atomic mass is 33.1. The maximum atomic E-state index is 4.06. The Morgan fingerprint density at radius 1 is 1.20 bits per heavy atom. The first-order valence-electron chi connectivity index (χ1n) is 3.76. The topological polar surface area (TPSA) is 0 Å². The van der Waals surface area contributed by atoms with Crippen LogP contribution in [0.4, 0.5) is 0 Å². The minimum Gasteiger partial charge on any atom is -0.150 e. The standard InChI is InChI=1S/C7H16S3/c1-2-3-4-5-6-9-7-10-8/h8H,2-7H2,1H3. The molecule has 3 heteroatoms. The van der Waals surface area contributed by atoms with Gasteiger partial charge in [0.05, 0.1) is 0 Å². The number of rotatable bonds is 7. The summed E-state index contributed by atoms with van der Waals surface area (Å²) in [6.07, 6.45) is 5.52. The first-order chi connectivity index (χ1) is 4.91. The van der Waals surface area contributed by atoms with Crippen LogP contribution in [0, 0.1) is 0 Å². The van der Waals surface area contributed by atoms with Gasteiger partial charge in [-0.15, -0.1) is 11.7 Å². The summed E-state index contributed by atoms with van der Waals surface area (Å²) in [7, 11) is 1.62. The highest BCUT2D eigenvalue weighted by molar-refractivity contribution is 8.70. The van der Waals surface area contributed by atoms with Crippen LogP contribution in [0.1, 0.15) is 32.6 Å². The molecule has 0 unspecified atom stereocenters. The zero-order valence-electron chi connectivity index (χ0n) is 6.51. The van der Waals surface area contributed by atoms with Gasteiger partial charge < -0.3 is 0 Å². The maximum absolute atomic E-state index is 4.06. The van der Waals surface area contributed by atoms with E-state index < -0.39 is 0 Å². The molecule has 0 aliphatic carbocycles. The summed E-state index contributed by atoms with van der Waals surface area (Å²) in [5, 5.41) is 1.13. The Hall–Kier alpha value is 1.05. The van der Waals surface area contributed by atoms with Gasteiger partial charge in [-0.3, -0.25) is 0 Å². The van der Waals surface area contributed by atoms with Crippen molar-refractivity contribution in [2.75, 3.05) is 10.8 Å². The van der Waals surface area contributed by atoms with Crippen molar-refractivity contribution in [3.63, 3.8) is 0 Å². The SMILES string of the molecule is CCCCCCSCSS. The van der Waals surface area contributed by atoms with E-state index in [9.17, 15) is 0 Å². The molecular weight excluding hydrogens is 180 g/mol. The van der Waals surface area contributed by atoms with Crippen molar-refractivity contribution in [2.24, 2.45) is 0 Å². The second kappa shape index (κ2) is 10.0. The predicted molar refractivity (Wildman–Crippen MR) is 58.0 cm³/mol. The number of unbranched alkanes of at least 4 members (excludes halogenated alkanes) is 3. The molecule has 0 nitrogen and oxygen atoms in total. The zero-order valence-corrected chi connectivity index (χ0v) is 9.03. The van der Waals surface area contributed by atoms with Crippen LogP contribution in [0.3, 0.4) is 0 Å². The first-order valence-corrected chi connectivity index (χ1v) is 6.95. The first kappa shape index (κ1) is 11.1. The van der Waals surface area contributed by atoms with Crippen LogP contribution in [0.15, 0.2) is 0 Å². The predicted octanol–water partition coefficient (Wildman–Crippen LogP) is 3.84. The summed E-state index contributed by atoms with van der Waals surface area (Å²) in [6.45, 7) is 2.25. The minimum absolute atomic E-state index is 1.13. The van der Waals surface area contributed by atoms with Gasteiger partial charge in [0.15, 0.2) is 0 Å². The molecule has 0 saturated heterocycles. The molecule has 0 aromatic carbocycles. The van der Waals surface area contributed by atoms with E-state index in [2.05, 4.69) is 18.6 Å². The van der Waals surface area contributed by atoms with Crippen molar-refractivity contribution >= 4 is 34.2 Å². The third-order valence-corrected chi connectivity index (χ3v) is 3.89. The summed E-state index contributed by atoms with van der Waals surface area (Å²) in [6, 6.07) is 0. The van der Waals surface area contributed by atoms with Crippen LogP contribution in [0.25, 0.3) is 0 Å². The van der Waals surface area contributed by atoms with Crippen molar-refractivity contribution in [3.05, 3.63) is 0 Å². The molecule has 0 radical (unpaired) electrons. The van der Waals surface area contributed by atoms with Crippen LogP contribution >= 0.6 is 34.2 Å². The molecule has 0 aliphatic rings. The highest BCUT2D eigenvalue weighted by Crippen LogP contribution is 2.16. The molecule has 0 N–H and O–H groups in total. The molecule has 0 fully saturated rings. The van der Waals surface area contributed by atoms with E-state index in [0.29, 0.717) is 0 Å². The van der Waals surface area contributed by atoms with Gasteiger partial charge in [-0.2, -0.15) is 11.8 Å². The van der Waals surface area contributed by atoms with Gasteiger partial charge in [0.25, 0.3) is 0 Å². The molecule has 0 spiro atoms. The van der Waals surface area contributed by atoms with E-state index in [-0.39, 0.29) is 0 Å². The molecule has 0 aromatic heterocycles. The normalized spacial score (nSPS) is 10.2. The summed E-state index contributed by atoms with van der Waals surface area (Å²) in [5.74, 6) is 1.31. The largest absolute Gasteiger partial charge is 0.150 e. The average molecular weight is 196 g/mol. The third-order valence-electron chi connectivity index (χ3n) is 1.28. The Bertz CT molecular complexity index is 48.8. The van der Waals surface area contributed by atoms with Crippen molar-refractivity contribution < 1.29 is 0 Å². The van der Waals surface area contributed by atoms with Crippen molar-refractivity contribution in [1.29, 1.82) is 0 Å². The van der Waals surface area contributed by atoms with Gasteiger partial charge in [-0.05, 0) is 12.2 Å². The van der Waals surface area contributed by atoms with Crippen LogP contribution in [0.5, 0.6) is 0 Å². The fraction of sp³-hybridized carbons (Fsp3) is 1.00. The fourth-order valence-corrected chi connectivity index (χ4v) is 2.58. The van der Waals surface area contributed by atoms with Crippen molar-refractivity contribution in [2.45, 2.75) is 32.6 Å². The molecule has 10 heavy (non-hydrogen) atoms. The number of hydrogen-bond acceptors (Lipinski definition) is 3. The van der Waals surface area contributed by atoms with E-state index in [4.69, 9.17) is 0 Å². The third kappa shape index (κ3) is 9.05. The van der Waals surface area contributed by atoms with E-state index >= 15 is 0 Å². The number of thiol groups is 1. The Balaban J connectivity index is 2.65. The van der Waals surface area contributed by atoms with Crippen LogP contribution in [0.2, 0.25) is 0 Å². The van der Waals surface area contributed by atoms with Crippen LogP contribution in [-0.4, -0.2) is 10.8 Å². The van der Waals surface area contributed by atoms with E-state index in [1.165, 1.54) is 31.4 Å². The van der Waals surface area contributed by atoms with Crippen molar-refractivity contribution in [1.82, 2.24) is 0 Å². The lowest BCUT2D eigenvalue weighted by molar-refractivity contribution is 0.707. The smallest absolute Gasteiger partial charge is 0.0493 e. The van der Waals surface area contributed by atoms with Crippen LogP contribution in [-0.2, 0) is 0 Å². The Morgan fingerprint density at radius 3 is 2.60 bits per heavy atom. The van der Waals surface area contributed by atoms with Crippen LogP contribution < -0.4 is 0 Å². The summed E-state index contributed by atoms with van der Waals surface area (Å²) >= 11 is 6.05. The molecule has 62 valence electrons. The molecule has 0 atom stereocenters. The molecule has 0 aromatic rings. The van der Waals surface area contributed by atoms with Crippen molar-refractivity contribution in [3.8, 4) is 0 Å². The summed E-state index contributed by atoms with van der Waals surface area (Å²) < 4.78 is 0. The van der Waals surface area contributed by atoms with E-state index in [1.54, 1.807) is 10.8 Å². The van der Waals surface area contributed by atoms with Gasteiger partial charge >= 0.3 is 0 Å². The molecule has 0 bridgehead atoms. The quantitative estimate of drug-likeness (QED) is 0.284. The Kier molecular flexibility index (Phi) is 11.1. The van der Waals surface area contributed by atoms with Gasteiger partial charge in [0.2, 0.25) is 0 Å². The van der Waals surface area contributed by atoms with E-state index in [0.717, 1.165) is 5.08 Å². The summed E-state index contributed by atoms with van der Waals surface area (Å²) in [4.78, 5) is 0. The lowest BCUT2D eigenvalue weighted by Gasteiger charge is -1.97. The number of hydrogen-bond donors (Lipinski definition) is 1. The molecular formula is C7H16S3. The molecule has 0 rings (SSSR count). The highest BCUT2D eigenvalue weighted by Gasteiger charge is 1.88. The minimum atomic E-state index is 1.13. The monoisotopic (exact) mass is 196 g/mol. The Labute approximate surface area is 77.7 Å². The Morgan fingerprint density at radius 2 is 2.00 bits per heavy atom. The molecule has 0 aliphatic heterocycles. The molecule has 0 heterocycles. The average Bonchev–Trinajstić information content (AvgIpc) is 1.97. The lowest BCUT2D eigenvalue weighted by atomic mass is 10.2. The van der Waals surface area contributed by atoms with Gasteiger partial charge in [0, 0.05) is 5.08 Å². The summed E-state index contributed by atoms with van der Waals surface area (Å²) in [5.41, 5.74) is 0. The number of thioether (sulfide) groups is 1. The van der Waals surface area contributed by atoms with Gasteiger partial charge in [-0.1, -0.05) is 37.0 Å². The molecule has 0 amide bonds. The lowest BCUT2D eigenvalue weighted by Crippen LogP contribution is -1.80.